The van der Waals surface area contributed by atoms with E-state index in [1.54, 1.807) is 13.0 Å². The highest BCUT2D eigenvalue weighted by molar-refractivity contribution is 6.00. The molecule has 0 radical (unpaired) electrons. The third-order valence-corrected chi connectivity index (χ3v) is 4.65. The van der Waals surface area contributed by atoms with Gasteiger partial charge in [0.2, 0.25) is 5.78 Å². The molecule has 0 heterocycles. The van der Waals surface area contributed by atoms with Crippen LogP contribution in [-0.2, 0) is 17.6 Å². The first-order chi connectivity index (χ1) is 12.5. The number of Topliss-reactive ketones (excluding diaryl/α,β-unsaturated/α-hetero) is 1. The summed E-state index contributed by atoms with van der Waals surface area (Å²) < 4.78 is 5.11. The number of carbonyl (C=O) groups excluding carboxylic acids is 2. The number of benzene rings is 2. The summed E-state index contributed by atoms with van der Waals surface area (Å²) in [4.78, 5) is 34.8. The Morgan fingerprint density at radius 2 is 1.73 bits per heavy atom. The summed E-state index contributed by atoms with van der Waals surface area (Å²) in [6.07, 6.45) is 4.24. The Hall–Kier alpha value is -3.02. The van der Waals surface area contributed by atoms with Crippen molar-refractivity contribution in [3.05, 3.63) is 74.3 Å². The Morgan fingerprint density at radius 3 is 2.46 bits per heavy atom. The van der Waals surface area contributed by atoms with Crippen LogP contribution in [0.25, 0.3) is 0 Å². The number of hydrogen-bond donors (Lipinski definition) is 0. The van der Waals surface area contributed by atoms with Crippen molar-refractivity contribution in [2.75, 3.05) is 6.61 Å². The highest BCUT2D eigenvalue weighted by atomic mass is 16.6. The molecule has 0 aromatic heterocycles. The van der Waals surface area contributed by atoms with Crippen LogP contribution in [0.1, 0.15) is 50.2 Å². The van der Waals surface area contributed by atoms with Gasteiger partial charge in [0.15, 0.2) is 6.61 Å². The van der Waals surface area contributed by atoms with Gasteiger partial charge in [0.25, 0.3) is 5.69 Å². The molecule has 0 saturated carbocycles. The zero-order valence-corrected chi connectivity index (χ0v) is 14.5. The number of fused-ring (bicyclic) bond motifs is 1. The van der Waals surface area contributed by atoms with E-state index in [9.17, 15) is 19.7 Å². The molecular weight excluding hydrogens is 334 g/mol. The molecule has 0 fully saturated rings. The van der Waals surface area contributed by atoms with E-state index in [2.05, 4.69) is 0 Å². The van der Waals surface area contributed by atoms with Gasteiger partial charge in [-0.2, -0.15) is 0 Å². The van der Waals surface area contributed by atoms with Gasteiger partial charge < -0.3 is 4.74 Å². The van der Waals surface area contributed by atoms with Gasteiger partial charge in [-0.15, -0.1) is 0 Å². The Balaban J connectivity index is 1.67. The highest BCUT2D eigenvalue weighted by Gasteiger charge is 2.18. The van der Waals surface area contributed by atoms with E-state index in [1.165, 1.54) is 23.8 Å². The fourth-order valence-corrected chi connectivity index (χ4v) is 3.14. The number of ether oxygens (including phenoxy) is 1. The lowest BCUT2D eigenvalue weighted by Crippen LogP contribution is -2.15. The van der Waals surface area contributed by atoms with Crippen molar-refractivity contribution in [2.24, 2.45) is 0 Å². The summed E-state index contributed by atoms with van der Waals surface area (Å²) in [7, 11) is 0. The van der Waals surface area contributed by atoms with Gasteiger partial charge in [-0.3, -0.25) is 14.9 Å². The van der Waals surface area contributed by atoms with Gasteiger partial charge in [0.1, 0.15) is 0 Å². The van der Waals surface area contributed by atoms with E-state index in [1.807, 2.05) is 12.1 Å². The molecule has 6 heteroatoms. The summed E-state index contributed by atoms with van der Waals surface area (Å²) >= 11 is 0. The first kappa shape index (κ1) is 17.8. The molecular formula is C20H19NO5. The van der Waals surface area contributed by atoms with Gasteiger partial charge in [-0.05, 0) is 55.9 Å². The van der Waals surface area contributed by atoms with E-state index in [0.717, 1.165) is 31.2 Å². The predicted molar refractivity (Wildman–Crippen MR) is 95.5 cm³/mol. The molecule has 0 atom stereocenters. The fourth-order valence-electron chi connectivity index (χ4n) is 3.14. The van der Waals surface area contributed by atoms with Crippen LogP contribution in [0.4, 0.5) is 5.69 Å². The van der Waals surface area contributed by atoms with Gasteiger partial charge in [-0.1, -0.05) is 18.2 Å². The third-order valence-electron chi connectivity index (χ3n) is 4.65. The number of nitro benzene ring substituents is 1. The molecule has 0 bridgehead atoms. The predicted octanol–water partition coefficient (Wildman–Crippen LogP) is 3.82. The number of esters is 1. The summed E-state index contributed by atoms with van der Waals surface area (Å²) in [5.41, 5.74) is 3.34. The molecule has 0 unspecified atom stereocenters. The first-order valence-corrected chi connectivity index (χ1v) is 8.53. The topological polar surface area (TPSA) is 86.5 Å². The standard InChI is InChI=1S/C20H19NO5/c1-13-6-7-16(11-18(13)21(24)25)19(22)12-26-20(23)17-9-8-14-4-2-3-5-15(14)10-17/h6-11H,2-5,12H2,1H3. The van der Waals surface area contributed by atoms with Crippen LogP contribution in [0.3, 0.4) is 0 Å². The number of nitrogens with zero attached hydrogens (tertiary/aromatic N) is 1. The van der Waals surface area contributed by atoms with Crippen LogP contribution in [0.5, 0.6) is 0 Å². The lowest BCUT2D eigenvalue weighted by Gasteiger charge is -2.16. The number of carbonyl (C=O) groups is 2. The van der Waals surface area contributed by atoms with Gasteiger partial charge in [-0.25, -0.2) is 4.79 Å². The van der Waals surface area contributed by atoms with E-state index in [4.69, 9.17) is 4.74 Å². The first-order valence-electron chi connectivity index (χ1n) is 8.53. The van der Waals surface area contributed by atoms with Crippen LogP contribution in [0.15, 0.2) is 36.4 Å². The van der Waals surface area contributed by atoms with Crippen molar-refractivity contribution in [1.82, 2.24) is 0 Å². The molecule has 3 rings (SSSR count). The highest BCUT2D eigenvalue weighted by Crippen LogP contribution is 2.23. The summed E-state index contributed by atoms with van der Waals surface area (Å²) in [6, 6.07) is 9.71. The maximum atomic E-state index is 12.2. The Morgan fingerprint density at radius 1 is 1.04 bits per heavy atom. The van der Waals surface area contributed by atoms with E-state index in [0.29, 0.717) is 11.1 Å². The van der Waals surface area contributed by atoms with Crippen molar-refractivity contribution in [1.29, 1.82) is 0 Å². The second-order valence-electron chi connectivity index (χ2n) is 6.45. The second-order valence-corrected chi connectivity index (χ2v) is 6.45. The molecule has 6 nitrogen and oxygen atoms in total. The normalized spacial score (nSPS) is 13.0. The molecule has 2 aromatic rings. The minimum absolute atomic E-state index is 0.128. The zero-order valence-electron chi connectivity index (χ0n) is 14.5. The molecule has 0 N–H and O–H groups in total. The maximum absolute atomic E-state index is 12.2. The minimum Gasteiger partial charge on any atom is -0.454 e. The fraction of sp³-hybridized carbons (Fsp3) is 0.300. The van der Waals surface area contributed by atoms with E-state index >= 15 is 0 Å². The van der Waals surface area contributed by atoms with Crippen molar-refractivity contribution >= 4 is 17.4 Å². The van der Waals surface area contributed by atoms with Crippen LogP contribution in [0, 0.1) is 17.0 Å². The van der Waals surface area contributed by atoms with Crippen LogP contribution >= 0.6 is 0 Å². The van der Waals surface area contributed by atoms with Crippen molar-refractivity contribution < 1.29 is 19.2 Å². The van der Waals surface area contributed by atoms with E-state index < -0.39 is 23.3 Å². The third kappa shape index (κ3) is 3.79. The second kappa shape index (κ2) is 7.47. The van der Waals surface area contributed by atoms with Crippen molar-refractivity contribution in [3.63, 3.8) is 0 Å². The Bertz CT molecular complexity index is 888. The molecule has 134 valence electrons. The molecule has 26 heavy (non-hydrogen) atoms. The average molecular weight is 353 g/mol. The van der Waals surface area contributed by atoms with Crippen LogP contribution in [0.2, 0.25) is 0 Å². The molecule has 1 aliphatic carbocycles. The molecule has 0 aliphatic heterocycles. The monoisotopic (exact) mass is 353 g/mol. The van der Waals surface area contributed by atoms with Crippen LogP contribution < -0.4 is 0 Å². The Labute approximate surface area is 150 Å². The summed E-state index contributed by atoms with van der Waals surface area (Å²) in [5, 5.41) is 11.0. The van der Waals surface area contributed by atoms with E-state index in [-0.39, 0.29) is 11.3 Å². The number of hydrogen-bond acceptors (Lipinski definition) is 5. The minimum atomic E-state index is -0.562. The Kier molecular flexibility index (Phi) is 5.11. The zero-order chi connectivity index (χ0) is 18.7. The average Bonchev–Trinajstić information content (AvgIpc) is 2.65. The number of rotatable bonds is 5. The molecule has 0 saturated heterocycles. The summed E-state index contributed by atoms with van der Waals surface area (Å²) in [6.45, 7) is 1.15. The number of ketones is 1. The van der Waals surface area contributed by atoms with Crippen molar-refractivity contribution in [2.45, 2.75) is 32.6 Å². The SMILES string of the molecule is Cc1ccc(C(=O)COC(=O)c2ccc3c(c2)CCCC3)cc1[N+](=O)[O-]. The lowest BCUT2D eigenvalue weighted by atomic mass is 9.90. The van der Waals surface area contributed by atoms with Crippen molar-refractivity contribution in [3.8, 4) is 0 Å². The molecule has 0 spiro atoms. The van der Waals surface area contributed by atoms with Gasteiger partial charge in [0.05, 0.1) is 10.5 Å². The van der Waals surface area contributed by atoms with Gasteiger partial charge >= 0.3 is 5.97 Å². The number of aryl methyl sites for hydroxylation is 3. The molecule has 1 aliphatic rings. The van der Waals surface area contributed by atoms with Gasteiger partial charge in [0, 0.05) is 17.2 Å². The lowest BCUT2D eigenvalue weighted by molar-refractivity contribution is -0.385. The molecule has 2 aromatic carbocycles. The number of nitro groups is 1. The van der Waals surface area contributed by atoms with Crippen LogP contribution in [-0.4, -0.2) is 23.3 Å². The largest absolute Gasteiger partial charge is 0.454 e. The molecule has 0 amide bonds. The maximum Gasteiger partial charge on any atom is 0.338 e. The smallest absolute Gasteiger partial charge is 0.338 e. The quantitative estimate of drug-likeness (QED) is 0.353. The summed E-state index contributed by atoms with van der Waals surface area (Å²) in [5.74, 6) is -1.03.